The zero-order chi connectivity index (χ0) is 31.1. The first-order valence-corrected chi connectivity index (χ1v) is 14.6. The molecule has 0 spiro atoms. The Morgan fingerprint density at radius 3 is 2.36 bits per heavy atom. The Balaban J connectivity index is 1.80. The Morgan fingerprint density at radius 1 is 1.00 bits per heavy atom. The normalized spacial score (nSPS) is 42.6. The molecule has 3 fully saturated rings. The molecule has 17 nitrogen and oxygen atoms in total. The number of nitrogens with one attached hydrogen (secondary N) is 2. The molecule has 0 aromatic carbocycles. The van der Waals surface area contributed by atoms with E-state index in [9.17, 15) is 35.4 Å². The summed E-state index contributed by atoms with van der Waals surface area (Å²) in [4.78, 5) is 12.6. The third-order valence-corrected chi connectivity index (χ3v) is 8.45. The van der Waals surface area contributed by atoms with Crippen LogP contribution in [0.4, 0.5) is 0 Å². The third-order valence-electron chi connectivity index (χ3n) is 8.45. The number of nitrogens with two attached hydrogens (primary N) is 5. The summed E-state index contributed by atoms with van der Waals surface area (Å²) in [6, 6.07) is -3.42. The van der Waals surface area contributed by atoms with Gasteiger partial charge >= 0.3 is 0 Å². The highest BCUT2D eigenvalue weighted by Gasteiger charge is 2.53. The second-order valence-electron chi connectivity index (χ2n) is 11.6. The summed E-state index contributed by atoms with van der Waals surface area (Å²) in [5.41, 5.74) is 29.8. The first kappa shape index (κ1) is 35.4. The van der Waals surface area contributed by atoms with Crippen LogP contribution < -0.4 is 39.3 Å². The van der Waals surface area contributed by atoms with Crippen molar-refractivity contribution in [2.45, 2.75) is 111 Å². The zero-order valence-corrected chi connectivity index (χ0v) is 23.7. The van der Waals surface area contributed by atoms with Crippen molar-refractivity contribution >= 4 is 5.91 Å². The van der Waals surface area contributed by atoms with Gasteiger partial charge in [-0.3, -0.25) is 4.79 Å². The van der Waals surface area contributed by atoms with Crippen LogP contribution in [0.25, 0.3) is 0 Å². The fourth-order valence-corrected chi connectivity index (χ4v) is 5.98. The summed E-state index contributed by atoms with van der Waals surface area (Å²) >= 11 is 0. The summed E-state index contributed by atoms with van der Waals surface area (Å²) in [5.74, 6) is -1.59. The molecule has 2 heterocycles. The van der Waals surface area contributed by atoms with Crippen molar-refractivity contribution in [2.75, 3.05) is 32.8 Å². The van der Waals surface area contributed by atoms with Gasteiger partial charge in [0.25, 0.3) is 0 Å². The molecule has 1 saturated carbocycles. The molecule has 15 atom stereocenters. The van der Waals surface area contributed by atoms with Crippen LogP contribution in [0.2, 0.25) is 0 Å². The maximum Gasteiger partial charge on any atom is 0.250 e. The number of rotatable bonds is 13. The molecule has 3 rings (SSSR count). The van der Waals surface area contributed by atoms with E-state index in [0.29, 0.717) is 38.9 Å². The molecule has 18 N–H and O–H groups in total. The van der Waals surface area contributed by atoms with Crippen LogP contribution in [-0.4, -0.2) is 155 Å². The maximum atomic E-state index is 12.6. The van der Waals surface area contributed by atoms with Gasteiger partial charge in [0.2, 0.25) is 5.91 Å². The molecule has 3 aliphatic rings. The molecule has 0 aromatic rings. The Kier molecular flexibility index (Phi) is 13.7. The third kappa shape index (κ3) is 8.52. The van der Waals surface area contributed by atoms with Gasteiger partial charge in [-0.15, -0.1) is 0 Å². The summed E-state index contributed by atoms with van der Waals surface area (Å²) in [6.45, 7) is 0.155. The highest BCUT2D eigenvalue weighted by molar-refractivity contribution is 5.81. The lowest BCUT2D eigenvalue weighted by Gasteiger charge is -2.51. The lowest BCUT2D eigenvalue weighted by atomic mass is 9.72. The minimum absolute atomic E-state index is 0.0666. The number of amides is 1. The molecule has 0 radical (unpaired) electrons. The van der Waals surface area contributed by atoms with Gasteiger partial charge < -0.3 is 84.2 Å². The predicted molar refractivity (Wildman–Crippen MR) is 148 cm³/mol. The molecular weight excluding hydrogens is 558 g/mol. The molecule has 246 valence electrons. The van der Waals surface area contributed by atoms with Crippen LogP contribution >= 0.6 is 0 Å². The van der Waals surface area contributed by atoms with E-state index in [1.54, 1.807) is 0 Å². The largest absolute Gasteiger partial charge is 0.394 e. The molecule has 1 amide bonds. The van der Waals surface area contributed by atoms with Gasteiger partial charge in [-0.2, -0.15) is 0 Å². The highest BCUT2D eigenvalue weighted by Crippen LogP contribution is 2.36. The highest BCUT2D eigenvalue weighted by atomic mass is 16.7. The van der Waals surface area contributed by atoms with Gasteiger partial charge in [0.15, 0.2) is 6.29 Å². The van der Waals surface area contributed by atoms with Crippen LogP contribution in [0.3, 0.4) is 0 Å². The van der Waals surface area contributed by atoms with Gasteiger partial charge in [0, 0.05) is 37.6 Å². The van der Waals surface area contributed by atoms with Gasteiger partial charge in [0.05, 0.1) is 43.1 Å². The van der Waals surface area contributed by atoms with E-state index in [0.717, 1.165) is 0 Å². The monoisotopic (exact) mass is 609 g/mol. The number of hydrogen-bond donors (Lipinski definition) is 13. The van der Waals surface area contributed by atoms with E-state index in [1.807, 2.05) is 0 Å². The summed E-state index contributed by atoms with van der Waals surface area (Å²) in [7, 11) is 0. The van der Waals surface area contributed by atoms with Gasteiger partial charge in [-0.05, 0) is 32.2 Å². The first-order chi connectivity index (χ1) is 19.9. The fourth-order valence-electron chi connectivity index (χ4n) is 5.98. The fraction of sp³-hybridized carbons (Fsp3) is 0.960. The standard InChI is InChI=1S/C25H51N7O10/c26-4-3-10(34)7-31-8-11-1-2-12(28)22(40-11)17-13(29)5-14(32-24(39)15(35)6-27)23(20(17)37)42-25-21(38)18(30)19(36)16(9-33)41-25/h10-23,25,31,33-38H,1-9,26-30H2,(H,32,39)/t10?,11-,12+,13-,14+,15-,16+,17?,18-,19+,20-,21+,22-,23-,25+/m0/s1. The number of aliphatic hydroxyl groups is 6. The van der Waals surface area contributed by atoms with E-state index >= 15 is 0 Å². The Morgan fingerprint density at radius 2 is 1.71 bits per heavy atom. The van der Waals surface area contributed by atoms with Crippen LogP contribution in [0.5, 0.6) is 0 Å². The number of aliphatic hydroxyl groups excluding tert-OH is 6. The quantitative estimate of drug-likeness (QED) is 0.0922. The van der Waals surface area contributed by atoms with Crippen molar-refractivity contribution in [3.8, 4) is 0 Å². The second kappa shape index (κ2) is 16.3. The van der Waals surface area contributed by atoms with Crippen LogP contribution in [0, 0.1) is 5.92 Å². The topological polar surface area (TPSA) is 320 Å². The predicted octanol–water partition coefficient (Wildman–Crippen LogP) is -7.18. The van der Waals surface area contributed by atoms with E-state index in [1.165, 1.54) is 0 Å². The molecule has 0 aromatic heterocycles. The number of carbonyl (C=O) groups excluding carboxylic acids is 1. The van der Waals surface area contributed by atoms with E-state index < -0.39 is 97.7 Å². The molecule has 2 saturated heterocycles. The molecule has 2 unspecified atom stereocenters. The zero-order valence-electron chi connectivity index (χ0n) is 23.7. The van der Waals surface area contributed by atoms with Gasteiger partial charge in [0.1, 0.15) is 30.5 Å². The van der Waals surface area contributed by atoms with Crippen molar-refractivity contribution in [3.05, 3.63) is 0 Å². The van der Waals surface area contributed by atoms with E-state index in [2.05, 4.69) is 10.6 Å². The lowest BCUT2D eigenvalue weighted by molar-refractivity contribution is -0.306. The summed E-state index contributed by atoms with van der Waals surface area (Å²) in [6.07, 6.45) is -9.65. The van der Waals surface area contributed by atoms with E-state index in [-0.39, 0.29) is 19.1 Å². The van der Waals surface area contributed by atoms with Crippen LogP contribution in [-0.2, 0) is 19.0 Å². The van der Waals surface area contributed by atoms with Crippen molar-refractivity contribution in [1.82, 2.24) is 10.6 Å². The summed E-state index contributed by atoms with van der Waals surface area (Å²) in [5, 5.41) is 67.9. The minimum atomic E-state index is -1.55. The van der Waals surface area contributed by atoms with E-state index in [4.69, 9.17) is 42.9 Å². The Labute approximate surface area is 245 Å². The number of ether oxygens (including phenoxy) is 3. The number of hydrogen-bond acceptors (Lipinski definition) is 16. The Bertz CT molecular complexity index is 834. The van der Waals surface area contributed by atoms with Crippen molar-refractivity contribution in [3.63, 3.8) is 0 Å². The molecule has 42 heavy (non-hydrogen) atoms. The number of carbonyl (C=O) groups is 1. The van der Waals surface area contributed by atoms with Crippen molar-refractivity contribution < 1.29 is 49.6 Å². The SMILES string of the molecule is NCCC(O)CNC[C@@H]1CC[C@@H](N)[C@@H](C2[C@@H](N)C[C@@H](NC(=O)[C@@H](O)CN)[C@H](O[C@H]3O[C@H](CO)[C@@H](O)[C@H](N)[C@H]3O)[C@H]2O)O1. The first-order valence-electron chi connectivity index (χ1n) is 14.6. The smallest absolute Gasteiger partial charge is 0.250 e. The van der Waals surface area contributed by atoms with Crippen molar-refractivity contribution in [1.29, 1.82) is 0 Å². The average molecular weight is 610 g/mol. The molecule has 2 aliphatic heterocycles. The molecular formula is C25H51N7O10. The Hall–Kier alpha value is -1.13. The van der Waals surface area contributed by atoms with Crippen LogP contribution in [0.15, 0.2) is 0 Å². The van der Waals surface area contributed by atoms with Crippen molar-refractivity contribution in [2.24, 2.45) is 34.6 Å². The molecule has 0 bridgehead atoms. The average Bonchev–Trinajstić information content (AvgIpc) is 2.96. The maximum absolute atomic E-state index is 12.6. The molecule has 1 aliphatic carbocycles. The van der Waals surface area contributed by atoms with Gasteiger partial charge in [-0.25, -0.2) is 0 Å². The van der Waals surface area contributed by atoms with Crippen LogP contribution in [0.1, 0.15) is 25.7 Å². The lowest BCUT2D eigenvalue weighted by Crippen LogP contribution is -2.69. The molecule has 17 heteroatoms. The van der Waals surface area contributed by atoms with Gasteiger partial charge in [-0.1, -0.05) is 0 Å². The summed E-state index contributed by atoms with van der Waals surface area (Å²) < 4.78 is 17.9. The minimum Gasteiger partial charge on any atom is -0.394 e. The second-order valence-corrected chi connectivity index (χ2v) is 11.6.